The summed E-state index contributed by atoms with van der Waals surface area (Å²) in [5, 5.41) is 9.38. The molecule has 20 heavy (non-hydrogen) atoms. The van der Waals surface area contributed by atoms with Crippen LogP contribution >= 0.6 is 11.6 Å². The van der Waals surface area contributed by atoms with Gasteiger partial charge in [-0.1, -0.05) is 11.6 Å². The van der Waals surface area contributed by atoms with Crippen molar-refractivity contribution in [1.82, 2.24) is 9.88 Å². The van der Waals surface area contributed by atoms with E-state index >= 15 is 0 Å². The number of rotatable bonds is 5. The van der Waals surface area contributed by atoms with E-state index in [2.05, 4.69) is 9.88 Å². The summed E-state index contributed by atoms with van der Waals surface area (Å²) in [5.41, 5.74) is 0.941. The Morgan fingerprint density at radius 3 is 3.20 bits per heavy atom. The van der Waals surface area contributed by atoms with E-state index < -0.39 is 5.97 Å². The highest BCUT2D eigenvalue weighted by atomic mass is 35.5. The van der Waals surface area contributed by atoms with Gasteiger partial charge in [0.05, 0.1) is 30.0 Å². The van der Waals surface area contributed by atoms with Crippen molar-refractivity contribution >= 4 is 23.3 Å². The molecule has 6 nitrogen and oxygen atoms in total. The molecule has 7 heteroatoms. The van der Waals surface area contributed by atoms with Crippen LogP contribution in [0.2, 0.25) is 5.02 Å². The Morgan fingerprint density at radius 2 is 2.50 bits per heavy atom. The number of pyridine rings is 1. The molecule has 1 fully saturated rings. The number of aliphatic carboxylic acids is 1. The van der Waals surface area contributed by atoms with Crippen molar-refractivity contribution in [2.24, 2.45) is 0 Å². The summed E-state index contributed by atoms with van der Waals surface area (Å²) in [7, 11) is 1.77. The number of carboxylic acids is 1. The Hall–Kier alpha value is -1.37. The minimum Gasteiger partial charge on any atom is -0.480 e. The zero-order valence-electron chi connectivity index (χ0n) is 11.3. The molecular weight excluding hydrogens is 282 g/mol. The lowest BCUT2D eigenvalue weighted by Crippen LogP contribution is -2.47. The van der Waals surface area contributed by atoms with E-state index in [1.807, 2.05) is 6.07 Å². The van der Waals surface area contributed by atoms with Gasteiger partial charge in [-0.2, -0.15) is 0 Å². The van der Waals surface area contributed by atoms with Crippen LogP contribution in [0.4, 0.5) is 5.69 Å². The van der Waals surface area contributed by atoms with Crippen molar-refractivity contribution < 1.29 is 14.6 Å². The minimum absolute atomic E-state index is 0.00979. The zero-order valence-corrected chi connectivity index (χ0v) is 12.1. The van der Waals surface area contributed by atoms with Gasteiger partial charge in [0.25, 0.3) is 0 Å². The quantitative estimate of drug-likeness (QED) is 0.873. The van der Waals surface area contributed by atoms with E-state index in [1.165, 1.54) is 0 Å². The van der Waals surface area contributed by atoms with Crippen molar-refractivity contribution in [3.8, 4) is 0 Å². The lowest BCUT2D eigenvalue weighted by Gasteiger charge is -2.36. The second-order valence-electron chi connectivity index (χ2n) is 4.86. The van der Waals surface area contributed by atoms with Crippen LogP contribution in [0, 0.1) is 0 Å². The second kappa shape index (κ2) is 6.88. The first-order valence-electron chi connectivity index (χ1n) is 6.42. The van der Waals surface area contributed by atoms with Gasteiger partial charge in [-0.3, -0.25) is 14.7 Å². The fourth-order valence-corrected chi connectivity index (χ4v) is 2.55. The van der Waals surface area contributed by atoms with Gasteiger partial charge in [0.2, 0.25) is 0 Å². The Kier molecular flexibility index (Phi) is 5.17. The van der Waals surface area contributed by atoms with E-state index in [4.69, 9.17) is 21.4 Å². The fourth-order valence-electron chi connectivity index (χ4n) is 2.32. The molecule has 0 amide bonds. The number of nitrogens with zero attached hydrogens (tertiary/aromatic N) is 3. The van der Waals surface area contributed by atoms with Crippen molar-refractivity contribution in [3.63, 3.8) is 0 Å². The first-order chi connectivity index (χ1) is 9.56. The largest absolute Gasteiger partial charge is 0.480 e. The standard InChI is InChI=1S/C13H18ClN3O3/c1-16(9-13(18)19)7-10-8-17(4-5-20-10)12-2-3-15-6-11(12)14/h2-3,6,10H,4-5,7-9H2,1H3,(H,18,19). The molecule has 2 heterocycles. The predicted octanol–water partition coefficient (Wildman–Crippen LogP) is 0.957. The third-order valence-electron chi connectivity index (χ3n) is 3.15. The zero-order chi connectivity index (χ0) is 14.5. The molecule has 1 atom stereocenters. The van der Waals surface area contributed by atoms with Crippen LogP contribution in [0.25, 0.3) is 0 Å². The molecule has 0 bridgehead atoms. The Morgan fingerprint density at radius 1 is 1.70 bits per heavy atom. The average Bonchev–Trinajstić information content (AvgIpc) is 2.38. The maximum atomic E-state index is 10.7. The molecule has 0 aromatic carbocycles. The van der Waals surface area contributed by atoms with Crippen LogP contribution in [0.15, 0.2) is 18.5 Å². The van der Waals surface area contributed by atoms with Crippen molar-refractivity contribution in [1.29, 1.82) is 0 Å². The molecule has 0 spiro atoms. The van der Waals surface area contributed by atoms with E-state index in [0.29, 0.717) is 24.7 Å². The van der Waals surface area contributed by atoms with Crippen molar-refractivity contribution in [2.75, 3.05) is 44.7 Å². The molecule has 1 aromatic heterocycles. The van der Waals surface area contributed by atoms with Crippen LogP contribution in [-0.4, -0.2) is 66.9 Å². The molecule has 0 aliphatic carbocycles. The predicted molar refractivity (Wildman–Crippen MR) is 76.3 cm³/mol. The van der Waals surface area contributed by atoms with E-state index in [1.54, 1.807) is 24.3 Å². The summed E-state index contributed by atoms with van der Waals surface area (Å²) in [6, 6.07) is 1.88. The van der Waals surface area contributed by atoms with Crippen molar-refractivity contribution in [2.45, 2.75) is 6.10 Å². The number of likely N-dealkylation sites (N-methyl/N-ethyl adjacent to an activating group) is 1. The molecule has 1 unspecified atom stereocenters. The number of ether oxygens (including phenoxy) is 1. The number of anilines is 1. The molecule has 0 radical (unpaired) electrons. The molecular formula is C13H18ClN3O3. The summed E-state index contributed by atoms with van der Waals surface area (Å²) >= 11 is 6.15. The van der Waals surface area contributed by atoms with Gasteiger partial charge in [-0.15, -0.1) is 0 Å². The van der Waals surface area contributed by atoms with E-state index in [9.17, 15) is 4.79 Å². The molecule has 1 saturated heterocycles. The summed E-state index contributed by atoms with van der Waals surface area (Å²) in [5.74, 6) is -0.836. The number of carbonyl (C=O) groups is 1. The average molecular weight is 300 g/mol. The first kappa shape index (κ1) is 15.0. The lowest BCUT2D eigenvalue weighted by atomic mass is 10.2. The van der Waals surface area contributed by atoms with E-state index in [0.717, 1.165) is 12.2 Å². The van der Waals surface area contributed by atoms with Gasteiger partial charge in [-0.05, 0) is 13.1 Å². The van der Waals surface area contributed by atoms with Gasteiger partial charge >= 0.3 is 5.97 Å². The third kappa shape index (κ3) is 4.06. The Balaban J connectivity index is 1.95. The van der Waals surface area contributed by atoms with Gasteiger partial charge in [0.15, 0.2) is 0 Å². The van der Waals surface area contributed by atoms with Crippen LogP contribution in [0.3, 0.4) is 0 Å². The highest BCUT2D eigenvalue weighted by Crippen LogP contribution is 2.25. The molecule has 1 N–H and O–H groups in total. The monoisotopic (exact) mass is 299 g/mol. The number of aromatic nitrogens is 1. The molecule has 1 aliphatic heterocycles. The minimum atomic E-state index is -0.836. The maximum absolute atomic E-state index is 10.7. The molecule has 0 saturated carbocycles. The summed E-state index contributed by atoms with van der Waals surface area (Å²) in [4.78, 5) is 18.5. The molecule has 2 rings (SSSR count). The molecule has 110 valence electrons. The number of hydrogen-bond acceptors (Lipinski definition) is 5. The smallest absolute Gasteiger partial charge is 0.317 e. The summed E-state index contributed by atoms with van der Waals surface area (Å²) in [6.07, 6.45) is 3.30. The number of morpholine rings is 1. The topological polar surface area (TPSA) is 65.9 Å². The van der Waals surface area contributed by atoms with Gasteiger partial charge in [0, 0.05) is 32.0 Å². The Labute approximate surface area is 122 Å². The number of hydrogen-bond donors (Lipinski definition) is 1. The number of carboxylic acid groups (broad SMARTS) is 1. The van der Waals surface area contributed by atoms with Gasteiger partial charge in [0.1, 0.15) is 0 Å². The SMILES string of the molecule is CN(CC(=O)O)CC1CN(c2ccncc2Cl)CCO1. The van der Waals surface area contributed by atoms with Crippen LogP contribution in [0.5, 0.6) is 0 Å². The third-order valence-corrected chi connectivity index (χ3v) is 3.44. The Bertz CT molecular complexity index is 472. The van der Waals surface area contributed by atoms with E-state index in [-0.39, 0.29) is 12.6 Å². The molecule has 1 aliphatic rings. The maximum Gasteiger partial charge on any atom is 0.317 e. The first-order valence-corrected chi connectivity index (χ1v) is 6.80. The highest BCUT2D eigenvalue weighted by molar-refractivity contribution is 6.33. The van der Waals surface area contributed by atoms with Crippen LogP contribution < -0.4 is 4.90 Å². The van der Waals surface area contributed by atoms with Crippen LogP contribution in [0.1, 0.15) is 0 Å². The van der Waals surface area contributed by atoms with Gasteiger partial charge < -0.3 is 14.7 Å². The summed E-state index contributed by atoms with van der Waals surface area (Å²) < 4.78 is 5.69. The summed E-state index contributed by atoms with van der Waals surface area (Å²) in [6.45, 7) is 2.64. The molecule has 1 aromatic rings. The van der Waals surface area contributed by atoms with Crippen molar-refractivity contribution in [3.05, 3.63) is 23.5 Å². The van der Waals surface area contributed by atoms with Crippen LogP contribution in [-0.2, 0) is 9.53 Å². The number of halogens is 1. The van der Waals surface area contributed by atoms with Gasteiger partial charge in [-0.25, -0.2) is 0 Å². The normalized spacial score (nSPS) is 19.4. The lowest BCUT2D eigenvalue weighted by molar-refractivity contribution is -0.138. The highest BCUT2D eigenvalue weighted by Gasteiger charge is 2.23. The fraction of sp³-hybridized carbons (Fsp3) is 0.538. The second-order valence-corrected chi connectivity index (χ2v) is 5.26.